The first-order valence-corrected chi connectivity index (χ1v) is 7.60. The molecule has 1 fully saturated rings. The van der Waals surface area contributed by atoms with E-state index in [9.17, 15) is 4.79 Å². The van der Waals surface area contributed by atoms with Gasteiger partial charge >= 0.3 is 0 Å². The van der Waals surface area contributed by atoms with Crippen LogP contribution in [0, 0.1) is 0 Å². The molecule has 1 aliphatic rings. The van der Waals surface area contributed by atoms with Gasteiger partial charge in [-0.1, -0.05) is 18.2 Å². The summed E-state index contributed by atoms with van der Waals surface area (Å²) in [7, 11) is 0. The van der Waals surface area contributed by atoms with E-state index < -0.39 is 0 Å². The Labute approximate surface area is 154 Å². The van der Waals surface area contributed by atoms with Crippen LogP contribution in [0.4, 0.5) is 0 Å². The first-order chi connectivity index (χ1) is 10.8. The predicted molar refractivity (Wildman–Crippen MR) is 99.2 cm³/mol. The summed E-state index contributed by atoms with van der Waals surface area (Å²) in [5.41, 5.74) is 2.01. The smallest absolute Gasteiger partial charge is 0.234 e. The van der Waals surface area contributed by atoms with Gasteiger partial charge in [0.15, 0.2) is 0 Å². The molecule has 0 radical (unpaired) electrons. The van der Waals surface area contributed by atoms with Crippen molar-refractivity contribution in [3.05, 3.63) is 48.3 Å². The molecule has 0 aliphatic carbocycles. The monoisotopic (exact) mass is 371 g/mol. The van der Waals surface area contributed by atoms with Gasteiger partial charge in [0.25, 0.3) is 0 Å². The normalized spacial score (nSPS) is 14.3. The summed E-state index contributed by atoms with van der Waals surface area (Å²) < 4.78 is 1.82. The summed E-state index contributed by atoms with van der Waals surface area (Å²) in [4.78, 5) is 14.1. The standard InChI is InChI=1S/C16H21N5O.2ClH/c22-16(13-20-8-6-17-7-9-20)18-10-14-11-19-21(12-14)15-4-2-1-3-5-15;;/h1-5,11-12,17H,6-10,13H2,(H,18,22);2*1H. The molecule has 24 heavy (non-hydrogen) atoms. The van der Waals surface area contributed by atoms with Gasteiger partial charge in [0.1, 0.15) is 0 Å². The lowest BCUT2D eigenvalue weighted by Crippen LogP contribution is -2.47. The third kappa shape index (κ3) is 5.79. The van der Waals surface area contributed by atoms with Crippen LogP contribution in [0.5, 0.6) is 0 Å². The SMILES string of the molecule is Cl.Cl.O=C(CN1CCNCC1)NCc1cnn(-c2ccccc2)c1. The quantitative estimate of drug-likeness (QED) is 0.829. The number of aromatic nitrogens is 2. The Morgan fingerprint density at radius 3 is 2.58 bits per heavy atom. The molecule has 0 spiro atoms. The van der Waals surface area contributed by atoms with Gasteiger partial charge in [0.05, 0.1) is 18.4 Å². The number of hydrogen-bond donors (Lipinski definition) is 2. The summed E-state index contributed by atoms with van der Waals surface area (Å²) in [6.45, 7) is 4.75. The van der Waals surface area contributed by atoms with Crippen molar-refractivity contribution >= 4 is 30.7 Å². The Kier molecular flexibility index (Phi) is 8.78. The fraction of sp³-hybridized carbons (Fsp3) is 0.375. The zero-order valence-corrected chi connectivity index (χ0v) is 15.0. The van der Waals surface area contributed by atoms with Crippen molar-refractivity contribution in [2.24, 2.45) is 0 Å². The third-order valence-corrected chi connectivity index (χ3v) is 3.72. The topological polar surface area (TPSA) is 62.2 Å². The van der Waals surface area contributed by atoms with Crippen molar-refractivity contribution in [1.29, 1.82) is 0 Å². The van der Waals surface area contributed by atoms with Gasteiger partial charge in [-0.2, -0.15) is 5.10 Å². The Morgan fingerprint density at radius 2 is 1.88 bits per heavy atom. The van der Waals surface area contributed by atoms with Crippen LogP contribution < -0.4 is 10.6 Å². The molecule has 6 nitrogen and oxygen atoms in total. The van der Waals surface area contributed by atoms with Crippen molar-refractivity contribution < 1.29 is 4.79 Å². The first kappa shape index (κ1) is 20.4. The fourth-order valence-electron chi connectivity index (χ4n) is 2.50. The Bertz CT molecular complexity index is 614. The highest BCUT2D eigenvalue weighted by molar-refractivity contribution is 5.85. The number of carbonyl (C=O) groups excluding carboxylic acids is 1. The van der Waals surface area contributed by atoms with E-state index >= 15 is 0 Å². The van der Waals surface area contributed by atoms with Crippen LogP contribution >= 0.6 is 24.8 Å². The molecule has 0 saturated carbocycles. The van der Waals surface area contributed by atoms with E-state index in [1.165, 1.54) is 0 Å². The first-order valence-electron chi connectivity index (χ1n) is 7.60. The molecular formula is C16H23Cl2N5O. The molecule has 0 unspecified atom stereocenters. The zero-order valence-electron chi connectivity index (χ0n) is 13.4. The molecule has 1 amide bonds. The number of benzene rings is 1. The van der Waals surface area contributed by atoms with E-state index in [0.717, 1.165) is 37.4 Å². The number of halogens is 2. The Balaban J connectivity index is 0.00000144. The second-order valence-electron chi connectivity index (χ2n) is 5.43. The summed E-state index contributed by atoms with van der Waals surface area (Å²) in [5, 5.41) is 10.6. The summed E-state index contributed by atoms with van der Waals surface area (Å²) >= 11 is 0. The fourth-order valence-corrected chi connectivity index (χ4v) is 2.50. The molecule has 2 aromatic rings. The van der Waals surface area contributed by atoms with Crippen molar-refractivity contribution in [3.63, 3.8) is 0 Å². The highest BCUT2D eigenvalue weighted by atomic mass is 35.5. The molecule has 1 aliphatic heterocycles. The van der Waals surface area contributed by atoms with Gasteiger partial charge in [-0.25, -0.2) is 4.68 Å². The van der Waals surface area contributed by atoms with Crippen LogP contribution in [-0.4, -0.2) is 53.3 Å². The number of piperazine rings is 1. The number of amides is 1. The van der Waals surface area contributed by atoms with Crippen molar-refractivity contribution in [2.75, 3.05) is 32.7 Å². The zero-order chi connectivity index (χ0) is 15.2. The van der Waals surface area contributed by atoms with Gasteiger partial charge in [-0.05, 0) is 12.1 Å². The second kappa shape index (κ2) is 10.3. The lowest BCUT2D eigenvalue weighted by molar-refractivity contribution is -0.122. The van der Waals surface area contributed by atoms with Gasteiger partial charge in [0, 0.05) is 44.5 Å². The van der Waals surface area contributed by atoms with Crippen LogP contribution in [0.1, 0.15) is 5.56 Å². The maximum absolute atomic E-state index is 12.0. The van der Waals surface area contributed by atoms with E-state index in [-0.39, 0.29) is 30.7 Å². The number of carbonyl (C=O) groups is 1. The largest absolute Gasteiger partial charge is 0.351 e. The Hall–Kier alpha value is -1.60. The maximum atomic E-state index is 12.0. The van der Waals surface area contributed by atoms with Gasteiger partial charge in [0.2, 0.25) is 5.91 Å². The average Bonchev–Trinajstić information content (AvgIpc) is 3.04. The van der Waals surface area contributed by atoms with Crippen LogP contribution in [-0.2, 0) is 11.3 Å². The van der Waals surface area contributed by atoms with Crippen molar-refractivity contribution in [3.8, 4) is 5.69 Å². The minimum atomic E-state index is 0. The number of nitrogens with zero attached hydrogens (tertiary/aromatic N) is 3. The van der Waals surface area contributed by atoms with E-state index in [1.807, 2.05) is 41.2 Å². The van der Waals surface area contributed by atoms with Crippen LogP contribution in [0.2, 0.25) is 0 Å². The molecule has 0 bridgehead atoms. The number of hydrogen-bond acceptors (Lipinski definition) is 4. The lowest BCUT2D eigenvalue weighted by Gasteiger charge is -2.26. The highest BCUT2D eigenvalue weighted by Crippen LogP contribution is 2.07. The summed E-state index contributed by atoms with van der Waals surface area (Å²) in [6.07, 6.45) is 3.73. The maximum Gasteiger partial charge on any atom is 0.234 e. The number of nitrogens with one attached hydrogen (secondary N) is 2. The summed E-state index contributed by atoms with van der Waals surface area (Å²) in [6, 6.07) is 9.93. The number of para-hydroxylation sites is 1. The molecule has 2 N–H and O–H groups in total. The predicted octanol–water partition coefficient (Wildman–Crippen LogP) is 1.24. The molecule has 8 heteroatoms. The molecule has 2 heterocycles. The molecular weight excluding hydrogens is 349 g/mol. The number of rotatable bonds is 5. The molecule has 0 atom stereocenters. The molecule has 132 valence electrons. The summed E-state index contributed by atoms with van der Waals surface area (Å²) in [5.74, 6) is 0.0642. The van der Waals surface area contributed by atoms with Gasteiger partial charge < -0.3 is 10.6 Å². The van der Waals surface area contributed by atoms with Crippen LogP contribution in [0.15, 0.2) is 42.7 Å². The molecule has 3 rings (SSSR count). The van der Waals surface area contributed by atoms with Gasteiger partial charge in [-0.15, -0.1) is 24.8 Å². The minimum Gasteiger partial charge on any atom is -0.351 e. The van der Waals surface area contributed by atoms with E-state index in [0.29, 0.717) is 13.1 Å². The third-order valence-electron chi connectivity index (χ3n) is 3.72. The van der Waals surface area contributed by atoms with E-state index in [2.05, 4.69) is 20.6 Å². The van der Waals surface area contributed by atoms with Crippen molar-refractivity contribution in [2.45, 2.75) is 6.54 Å². The van der Waals surface area contributed by atoms with E-state index in [1.54, 1.807) is 6.20 Å². The second-order valence-corrected chi connectivity index (χ2v) is 5.43. The molecule has 1 aromatic carbocycles. The lowest BCUT2D eigenvalue weighted by atomic mass is 10.3. The van der Waals surface area contributed by atoms with Gasteiger partial charge in [-0.3, -0.25) is 9.69 Å². The minimum absolute atomic E-state index is 0. The highest BCUT2D eigenvalue weighted by Gasteiger charge is 2.13. The Morgan fingerprint density at radius 1 is 1.17 bits per heavy atom. The molecule has 1 saturated heterocycles. The van der Waals surface area contributed by atoms with Crippen LogP contribution in [0.3, 0.4) is 0 Å². The van der Waals surface area contributed by atoms with Crippen molar-refractivity contribution in [1.82, 2.24) is 25.3 Å². The molecule has 1 aromatic heterocycles. The van der Waals surface area contributed by atoms with E-state index in [4.69, 9.17) is 0 Å². The van der Waals surface area contributed by atoms with Crippen LogP contribution in [0.25, 0.3) is 5.69 Å². The average molecular weight is 372 g/mol.